The van der Waals surface area contributed by atoms with Gasteiger partial charge in [0, 0.05) is 5.56 Å². The van der Waals surface area contributed by atoms with Crippen molar-refractivity contribution in [1.29, 1.82) is 10.5 Å². The highest BCUT2D eigenvalue weighted by molar-refractivity contribution is 6.19. The van der Waals surface area contributed by atoms with Crippen LogP contribution in [0.4, 0.5) is 0 Å². The molecule has 118 valence electrons. The molecule has 1 aliphatic carbocycles. The first kappa shape index (κ1) is 14.9. The molecule has 0 saturated heterocycles. The standard InChI is InChI=1S/C21H12N2O2/c22-11-21(12-23,14-6-3-7-15(24)10-14)19-16-8-1-4-13-5-2-9-17(18(13)16)20(19)25/h1-10,19,24H. The number of carbonyl (C=O) groups excluding carboxylic acids is 1. The first-order valence-electron chi connectivity index (χ1n) is 7.80. The second-order valence-electron chi connectivity index (χ2n) is 6.13. The molecule has 0 saturated carbocycles. The Morgan fingerprint density at radius 3 is 2.32 bits per heavy atom. The maximum Gasteiger partial charge on any atom is 0.182 e. The van der Waals surface area contributed by atoms with Crippen LogP contribution in [0.15, 0.2) is 60.7 Å². The molecule has 25 heavy (non-hydrogen) atoms. The van der Waals surface area contributed by atoms with Crippen LogP contribution in [0.2, 0.25) is 0 Å². The lowest BCUT2D eigenvalue weighted by molar-refractivity contribution is 0.0951. The zero-order valence-electron chi connectivity index (χ0n) is 13.1. The van der Waals surface area contributed by atoms with E-state index in [1.165, 1.54) is 12.1 Å². The maximum absolute atomic E-state index is 13.1. The third kappa shape index (κ3) is 1.89. The van der Waals surface area contributed by atoms with Gasteiger partial charge in [0.15, 0.2) is 11.2 Å². The Bertz CT molecular complexity index is 1100. The van der Waals surface area contributed by atoms with Crippen molar-refractivity contribution < 1.29 is 9.90 Å². The predicted octanol–water partition coefficient (Wildman–Crippen LogP) is 3.81. The molecule has 4 nitrogen and oxygen atoms in total. The third-order valence-electron chi connectivity index (χ3n) is 4.86. The van der Waals surface area contributed by atoms with E-state index in [0.717, 1.165) is 10.8 Å². The molecule has 4 heteroatoms. The van der Waals surface area contributed by atoms with Crippen LogP contribution in [0.25, 0.3) is 10.8 Å². The van der Waals surface area contributed by atoms with Crippen molar-refractivity contribution in [3.05, 3.63) is 77.4 Å². The van der Waals surface area contributed by atoms with E-state index in [9.17, 15) is 20.4 Å². The van der Waals surface area contributed by atoms with Gasteiger partial charge in [-0.3, -0.25) is 4.79 Å². The molecule has 0 bridgehead atoms. The fourth-order valence-corrected chi connectivity index (χ4v) is 3.74. The molecule has 1 aliphatic rings. The molecule has 0 aromatic heterocycles. The Hall–Kier alpha value is -3.63. The van der Waals surface area contributed by atoms with Crippen molar-refractivity contribution >= 4 is 16.6 Å². The molecule has 0 amide bonds. The third-order valence-corrected chi connectivity index (χ3v) is 4.86. The van der Waals surface area contributed by atoms with Gasteiger partial charge in [0.25, 0.3) is 0 Å². The Morgan fingerprint density at radius 2 is 1.64 bits per heavy atom. The highest BCUT2D eigenvalue weighted by atomic mass is 16.3. The van der Waals surface area contributed by atoms with Gasteiger partial charge >= 0.3 is 0 Å². The summed E-state index contributed by atoms with van der Waals surface area (Å²) in [7, 11) is 0. The number of phenols is 1. The normalized spacial score (nSPS) is 15.8. The van der Waals surface area contributed by atoms with Gasteiger partial charge in [0.2, 0.25) is 0 Å². The van der Waals surface area contributed by atoms with Crippen LogP contribution >= 0.6 is 0 Å². The number of benzene rings is 3. The van der Waals surface area contributed by atoms with Gasteiger partial charge in [-0.2, -0.15) is 10.5 Å². The Kier molecular flexibility index (Phi) is 3.10. The largest absolute Gasteiger partial charge is 0.508 e. The van der Waals surface area contributed by atoms with Crippen LogP contribution in [-0.4, -0.2) is 10.9 Å². The first-order valence-corrected chi connectivity index (χ1v) is 7.80. The van der Waals surface area contributed by atoms with E-state index >= 15 is 0 Å². The average molecular weight is 324 g/mol. The molecule has 1 unspecified atom stereocenters. The van der Waals surface area contributed by atoms with E-state index in [1.807, 2.05) is 18.2 Å². The van der Waals surface area contributed by atoms with Crippen molar-refractivity contribution in [2.45, 2.75) is 11.3 Å². The van der Waals surface area contributed by atoms with Crippen LogP contribution < -0.4 is 0 Å². The van der Waals surface area contributed by atoms with E-state index in [1.54, 1.807) is 30.3 Å². The summed E-state index contributed by atoms with van der Waals surface area (Å²) >= 11 is 0. The lowest BCUT2D eigenvalue weighted by atomic mass is 9.69. The summed E-state index contributed by atoms with van der Waals surface area (Å²) in [5.41, 5.74) is -0.165. The second-order valence-corrected chi connectivity index (χ2v) is 6.13. The van der Waals surface area contributed by atoms with E-state index in [0.29, 0.717) is 16.7 Å². The molecule has 0 heterocycles. The molecule has 1 atom stereocenters. The number of nitrogens with zero attached hydrogens (tertiary/aromatic N) is 2. The van der Waals surface area contributed by atoms with Crippen molar-refractivity contribution in [3.8, 4) is 17.9 Å². The SMILES string of the molecule is N#CC(C#N)(c1cccc(O)c1)C1C(=O)c2cccc3cccc1c23. The molecule has 1 N–H and O–H groups in total. The molecular weight excluding hydrogens is 312 g/mol. The van der Waals surface area contributed by atoms with Crippen LogP contribution in [0.5, 0.6) is 5.75 Å². The maximum atomic E-state index is 13.1. The summed E-state index contributed by atoms with van der Waals surface area (Å²) < 4.78 is 0. The van der Waals surface area contributed by atoms with Crippen molar-refractivity contribution in [2.75, 3.05) is 0 Å². The minimum absolute atomic E-state index is 0.0476. The minimum Gasteiger partial charge on any atom is -0.508 e. The van der Waals surface area contributed by atoms with Gasteiger partial charge in [0.05, 0.1) is 18.1 Å². The Labute approximate surface area is 144 Å². The average Bonchev–Trinajstić information content (AvgIpc) is 2.93. The summed E-state index contributed by atoms with van der Waals surface area (Å²) in [6, 6.07) is 21.1. The predicted molar refractivity (Wildman–Crippen MR) is 92.0 cm³/mol. The van der Waals surface area contributed by atoms with Gasteiger partial charge in [-0.05, 0) is 34.0 Å². The van der Waals surface area contributed by atoms with Gasteiger partial charge in [0.1, 0.15) is 5.75 Å². The topological polar surface area (TPSA) is 84.9 Å². The molecule has 0 aliphatic heterocycles. The quantitative estimate of drug-likeness (QED) is 0.776. The van der Waals surface area contributed by atoms with Gasteiger partial charge in [-0.15, -0.1) is 0 Å². The number of carbonyl (C=O) groups is 1. The highest BCUT2D eigenvalue weighted by Crippen LogP contribution is 2.48. The number of phenolic OH excluding ortho intramolecular Hbond substituents is 1. The Morgan fingerprint density at radius 1 is 0.960 bits per heavy atom. The fourth-order valence-electron chi connectivity index (χ4n) is 3.74. The summed E-state index contributed by atoms with van der Waals surface area (Å²) in [4.78, 5) is 13.1. The van der Waals surface area contributed by atoms with Gasteiger partial charge < -0.3 is 5.11 Å². The second kappa shape index (κ2) is 5.19. The summed E-state index contributed by atoms with van der Waals surface area (Å²) in [6.07, 6.45) is 0. The van der Waals surface area contributed by atoms with Crippen LogP contribution in [-0.2, 0) is 5.41 Å². The molecule has 0 spiro atoms. The van der Waals surface area contributed by atoms with Gasteiger partial charge in [-0.25, -0.2) is 0 Å². The van der Waals surface area contributed by atoms with E-state index in [4.69, 9.17) is 0 Å². The summed E-state index contributed by atoms with van der Waals surface area (Å²) in [5, 5.41) is 31.4. The van der Waals surface area contributed by atoms with Crippen molar-refractivity contribution in [3.63, 3.8) is 0 Å². The minimum atomic E-state index is -1.71. The molecule has 4 rings (SSSR count). The smallest absolute Gasteiger partial charge is 0.182 e. The van der Waals surface area contributed by atoms with E-state index in [2.05, 4.69) is 12.1 Å². The van der Waals surface area contributed by atoms with Gasteiger partial charge in [-0.1, -0.05) is 48.5 Å². The molecule has 3 aromatic rings. The molecule has 0 fully saturated rings. The number of aromatic hydroxyl groups is 1. The van der Waals surface area contributed by atoms with Crippen LogP contribution in [0.1, 0.15) is 27.4 Å². The summed E-state index contributed by atoms with van der Waals surface area (Å²) in [5.74, 6) is -1.21. The Balaban J connectivity index is 2.04. The lowest BCUT2D eigenvalue weighted by Gasteiger charge is -2.26. The van der Waals surface area contributed by atoms with Crippen molar-refractivity contribution in [1.82, 2.24) is 0 Å². The highest BCUT2D eigenvalue weighted by Gasteiger charge is 2.50. The van der Waals surface area contributed by atoms with E-state index < -0.39 is 11.3 Å². The van der Waals surface area contributed by atoms with Crippen LogP contribution in [0.3, 0.4) is 0 Å². The molecule has 0 radical (unpaired) electrons. The molecule has 3 aromatic carbocycles. The van der Waals surface area contributed by atoms with E-state index in [-0.39, 0.29) is 11.5 Å². The monoisotopic (exact) mass is 324 g/mol. The fraction of sp³-hybridized carbons (Fsp3) is 0.0952. The zero-order valence-corrected chi connectivity index (χ0v) is 13.1. The number of hydrogen-bond donors (Lipinski definition) is 1. The van der Waals surface area contributed by atoms with Crippen molar-refractivity contribution in [2.24, 2.45) is 0 Å². The number of ketones is 1. The summed E-state index contributed by atoms with van der Waals surface area (Å²) in [6.45, 7) is 0. The number of hydrogen-bond acceptors (Lipinski definition) is 4. The number of Topliss-reactive ketones (excluding diaryl/α,β-unsaturated/α-hetero) is 1. The number of nitriles is 2. The zero-order chi connectivity index (χ0) is 17.6. The lowest BCUT2D eigenvalue weighted by Crippen LogP contribution is -2.33. The first-order chi connectivity index (χ1) is 12.1. The van der Waals surface area contributed by atoms with Crippen LogP contribution in [0, 0.1) is 22.7 Å². The number of rotatable bonds is 2. The molecular formula is C21H12N2O2.